The standard InChI is InChI=1S/C17H24N2O2/c1-13(2)8-9-18-17(21)15-10-16(20)19(12-15)11-14-6-4-3-5-7-14/h3-7,13,15H,8-12H2,1-2H3,(H,18,21). The Kier molecular flexibility index (Phi) is 5.37. The molecule has 114 valence electrons. The molecule has 21 heavy (non-hydrogen) atoms. The Morgan fingerprint density at radius 2 is 2.05 bits per heavy atom. The van der Waals surface area contributed by atoms with Crippen molar-refractivity contribution in [1.29, 1.82) is 0 Å². The molecule has 0 saturated carbocycles. The number of carbonyl (C=O) groups is 2. The number of amides is 2. The van der Waals surface area contributed by atoms with Gasteiger partial charge in [-0.1, -0.05) is 44.2 Å². The lowest BCUT2D eigenvalue weighted by Crippen LogP contribution is -2.33. The van der Waals surface area contributed by atoms with Gasteiger partial charge in [-0.3, -0.25) is 9.59 Å². The van der Waals surface area contributed by atoms with Crippen molar-refractivity contribution in [3.05, 3.63) is 35.9 Å². The molecule has 0 spiro atoms. The lowest BCUT2D eigenvalue weighted by molar-refractivity contribution is -0.129. The van der Waals surface area contributed by atoms with E-state index in [1.807, 2.05) is 30.3 Å². The normalized spacial score (nSPS) is 18.3. The van der Waals surface area contributed by atoms with Gasteiger partial charge in [0.15, 0.2) is 0 Å². The molecule has 1 unspecified atom stereocenters. The van der Waals surface area contributed by atoms with Crippen molar-refractivity contribution in [1.82, 2.24) is 10.2 Å². The fourth-order valence-corrected chi connectivity index (χ4v) is 2.53. The van der Waals surface area contributed by atoms with Crippen molar-refractivity contribution >= 4 is 11.8 Å². The number of nitrogens with one attached hydrogen (secondary N) is 1. The van der Waals surface area contributed by atoms with Gasteiger partial charge in [0, 0.05) is 26.1 Å². The Labute approximate surface area is 126 Å². The van der Waals surface area contributed by atoms with E-state index in [2.05, 4.69) is 19.2 Å². The van der Waals surface area contributed by atoms with Gasteiger partial charge >= 0.3 is 0 Å². The molecule has 1 atom stereocenters. The minimum atomic E-state index is -0.201. The second-order valence-electron chi connectivity index (χ2n) is 6.13. The largest absolute Gasteiger partial charge is 0.356 e. The number of hydrogen-bond donors (Lipinski definition) is 1. The molecule has 0 aromatic heterocycles. The Hall–Kier alpha value is -1.84. The van der Waals surface area contributed by atoms with Crippen LogP contribution in [0.25, 0.3) is 0 Å². The lowest BCUT2D eigenvalue weighted by atomic mass is 10.1. The predicted octanol–water partition coefficient (Wildman–Crippen LogP) is 2.20. The van der Waals surface area contributed by atoms with Crippen LogP contribution in [0, 0.1) is 11.8 Å². The zero-order chi connectivity index (χ0) is 15.2. The van der Waals surface area contributed by atoms with E-state index >= 15 is 0 Å². The molecule has 2 rings (SSSR count). The van der Waals surface area contributed by atoms with E-state index in [4.69, 9.17) is 0 Å². The summed E-state index contributed by atoms with van der Waals surface area (Å²) in [4.78, 5) is 25.9. The molecular weight excluding hydrogens is 264 g/mol. The third-order valence-corrected chi connectivity index (χ3v) is 3.82. The highest BCUT2D eigenvalue weighted by atomic mass is 16.2. The van der Waals surface area contributed by atoms with E-state index in [0.717, 1.165) is 12.0 Å². The molecule has 0 bridgehead atoms. The first-order valence-electron chi connectivity index (χ1n) is 7.65. The van der Waals surface area contributed by atoms with E-state index in [1.54, 1.807) is 4.90 Å². The topological polar surface area (TPSA) is 49.4 Å². The van der Waals surface area contributed by atoms with Crippen molar-refractivity contribution in [3.63, 3.8) is 0 Å². The van der Waals surface area contributed by atoms with Gasteiger partial charge in [0.1, 0.15) is 0 Å². The van der Waals surface area contributed by atoms with Crippen LogP contribution in [0.5, 0.6) is 0 Å². The summed E-state index contributed by atoms with van der Waals surface area (Å²) in [5.74, 6) is 0.459. The van der Waals surface area contributed by atoms with E-state index in [0.29, 0.717) is 32.0 Å². The molecule has 2 amide bonds. The van der Waals surface area contributed by atoms with Gasteiger partial charge in [-0.05, 0) is 17.9 Å². The summed E-state index contributed by atoms with van der Waals surface area (Å²) in [6, 6.07) is 9.89. The first-order valence-corrected chi connectivity index (χ1v) is 7.65. The number of benzene rings is 1. The second-order valence-corrected chi connectivity index (χ2v) is 6.13. The van der Waals surface area contributed by atoms with Crippen LogP contribution in [-0.2, 0) is 16.1 Å². The third kappa shape index (κ3) is 4.59. The quantitative estimate of drug-likeness (QED) is 0.872. The summed E-state index contributed by atoms with van der Waals surface area (Å²) in [5, 5.41) is 2.94. The summed E-state index contributed by atoms with van der Waals surface area (Å²) in [6.07, 6.45) is 1.31. The molecule has 4 nitrogen and oxygen atoms in total. The van der Waals surface area contributed by atoms with Crippen LogP contribution in [0.3, 0.4) is 0 Å². The van der Waals surface area contributed by atoms with Crippen LogP contribution in [-0.4, -0.2) is 29.8 Å². The SMILES string of the molecule is CC(C)CCNC(=O)C1CC(=O)N(Cc2ccccc2)C1. The first-order chi connectivity index (χ1) is 10.1. The van der Waals surface area contributed by atoms with Crippen LogP contribution >= 0.6 is 0 Å². The Morgan fingerprint density at radius 3 is 2.71 bits per heavy atom. The first kappa shape index (κ1) is 15.5. The maximum atomic E-state index is 12.1. The van der Waals surface area contributed by atoms with Gasteiger partial charge in [0.05, 0.1) is 5.92 Å². The fraction of sp³-hybridized carbons (Fsp3) is 0.529. The van der Waals surface area contributed by atoms with Crippen molar-refractivity contribution in [2.24, 2.45) is 11.8 Å². The van der Waals surface area contributed by atoms with Crippen molar-refractivity contribution < 1.29 is 9.59 Å². The highest BCUT2D eigenvalue weighted by Gasteiger charge is 2.33. The summed E-state index contributed by atoms with van der Waals surface area (Å²) in [5.41, 5.74) is 1.10. The summed E-state index contributed by atoms with van der Waals surface area (Å²) >= 11 is 0. The van der Waals surface area contributed by atoms with E-state index in [9.17, 15) is 9.59 Å². The van der Waals surface area contributed by atoms with E-state index in [-0.39, 0.29) is 17.7 Å². The zero-order valence-corrected chi connectivity index (χ0v) is 12.8. The number of carbonyl (C=O) groups excluding carboxylic acids is 2. The van der Waals surface area contributed by atoms with Gasteiger partial charge in [0.25, 0.3) is 0 Å². The average Bonchev–Trinajstić information content (AvgIpc) is 2.81. The molecular formula is C17H24N2O2. The number of rotatable bonds is 6. The lowest BCUT2D eigenvalue weighted by Gasteiger charge is -2.16. The minimum absolute atomic E-state index is 0.0135. The highest BCUT2D eigenvalue weighted by molar-refractivity contribution is 5.89. The Balaban J connectivity index is 1.83. The monoisotopic (exact) mass is 288 g/mol. The second kappa shape index (κ2) is 7.25. The summed E-state index contributed by atoms with van der Waals surface area (Å²) in [7, 11) is 0. The molecule has 1 aromatic carbocycles. The molecule has 1 saturated heterocycles. The van der Waals surface area contributed by atoms with E-state index in [1.165, 1.54) is 0 Å². The highest BCUT2D eigenvalue weighted by Crippen LogP contribution is 2.20. The third-order valence-electron chi connectivity index (χ3n) is 3.82. The van der Waals surface area contributed by atoms with Crippen LogP contribution in [0.4, 0.5) is 0 Å². The van der Waals surface area contributed by atoms with E-state index < -0.39 is 0 Å². The van der Waals surface area contributed by atoms with Gasteiger partial charge in [-0.2, -0.15) is 0 Å². The van der Waals surface area contributed by atoms with Crippen LogP contribution in [0.15, 0.2) is 30.3 Å². The number of nitrogens with zero attached hydrogens (tertiary/aromatic N) is 1. The molecule has 1 fully saturated rings. The number of hydrogen-bond acceptors (Lipinski definition) is 2. The number of likely N-dealkylation sites (tertiary alicyclic amines) is 1. The maximum Gasteiger partial charge on any atom is 0.225 e. The smallest absolute Gasteiger partial charge is 0.225 e. The molecule has 0 aliphatic carbocycles. The average molecular weight is 288 g/mol. The predicted molar refractivity (Wildman–Crippen MR) is 82.4 cm³/mol. The molecule has 1 aliphatic heterocycles. The molecule has 1 heterocycles. The minimum Gasteiger partial charge on any atom is -0.356 e. The van der Waals surface area contributed by atoms with Crippen LogP contribution in [0.1, 0.15) is 32.3 Å². The molecule has 1 N–H and O–H groups in total. The van der Waals surface area contributed by atoms with Crippen molar-refractivity contribution in [2.45, 2.75) is 33.2 Å². The fourth-order valence-electron chi connectivity index (χ4n) is 2.53. The molecule has 0 radical (unpaired) electrons. The van der Waals surface area contributed by atoms with Crippen molar-refractivity contribution in [3.8, 4) is 0 Å². The zero-order valence-electron chi connectivity index (χ0n) is 12.8. The maximum absolute atomic E-state index is 12.1. The van der Waals surface area contributed by atoms with Crippen molar-refractivity contribution in [2.75, 3.05) is 13.1 Å². The van der Waals surface area contributed by atoms with Crippen LogP contribution < -0.4 is 5.32 Å². The summed E-state index contributed by atoms with van der Waals surface area (Å²) < 4.78 is 0. The van der Waals surface area contributed by atoms with Gasteiger partial charge < -0.3 is 10.2 Å². The Morgan fingerprint density at radius 1 is 1.33 bits per heavy atom. The Bertz CT molecular complexity index is 485. The van der Waals surface area contributed by atoms with Gasteiger partial charge in [-0.15, -0.1) is 0 Å². The molecule has 1 aliphatic rings. The molecule has 4 heteroatoms. The van der Waals surface area contributed by atoms with Crippen LogP contribution in [0.2, 0.25) is 0 Å². The van der Waals surface area contributed by atoms with Gasteiger partial charge in [-0.25, -0.2) is 0 Å². The van der Waals surface area contributed by atoms with Gasteiger partial charge in [0.2, 0.25) is 11.8 Å². The molecule has 1 aromatic rings. The summed E-state index contributed by atoms with van der Waals surface area (Å²) in [6.45, 7) is 6.08.